The van der Waals surface area contributed by atoms with Crippen molar-refractivity contribution in [3.05, 3.63) is 29.3 Å². The molecule has 2 rings (SSSR count). The number of nitriles is 1. The quantitative estimate of drug-likeness (QED) is 0.885. The summed E-state index contributed by atoms with van der Waals surface area (Å²) in [5, 5.41) is 22.1. The highest BCUT2D eigenvalue weighted by Gasteiger charge is 2.42. The summed E-state index contributed by atoms with van der Waals surface area (Å²) in [5.41, 5.74) is 1.21. The van der Waals surface area contributed by atoms with Crippen molar-refractivity contribution in [3.8, 4) is 6.07 Å². The van der Waals surface area contributed by atoms with Gasteiger partial charge in [0.25, 0.3) is 0 Å². The summed E-state index contributed by atoms with van der Waals surface area (Å²) < 4.78 is 0. The van der Waals surface area contributed by atoms with E-state index in [0.29, 0.717) is 30.0 Å². The Balaban J connectivity index is 2.28. The molecule has 0 amide bonds. The van der Waals surface area contributed by atoms with E-state index in [1.165, 1.54) is 0 Å². The lowest BCUT2D eigenvalue weighted by Gasteiger charge is -2.38. The van der Waals surface area contributed by atoms with Gasteiger partial charge in [-0.05, 0) is 56.2 Å². The number of aryl methyl sites for hydroxylation is 1. The van der Waals surface area contributed by atoms with Crippen molar-refractivity contribution >= 4 is 11.7 Å². The van der Waals surface area contributed by atoms with Crippen LogP contribution in [0.3, 0.4) is 0 Å². The van der Waals surface area contributed by atoms with Crippen molar-refractivity contribution in [2.24, 2.45) is 5.92 Å². The third-order valence-corrected chi connectivity index (χ3v) is 4.61. The molecule has 2 N–H and O–H groups in total. The Kier molecular flexibility index (Phi) is 4.52. The minimum absolute atomic E-state index is 0.499. The molecule has 4 nitrogen and oxygen atoms in total. The molecule has 1 aromatic rings. The highest BCUT2D eigenvalue weighted by atomic mass is 16.4. The minimum Gasteiger partial charge on any atom is -0.480 e. The van der Waals surface area contributed by atoms with E-state index in [-0.39, 0.29) is 0 Å². The number of carboxylic acid groups (broad SMARTS) is 1. The van der Waals surface area contributed by atoms with Gasteiger partial charge in [-0.1, -0.05) is 19.4 Å². The summed E-state index contributed by atoms with van der Waals surface area (Å²) in [6.07, 6.45) is 4.16. The Morgan fingerprint density at radius 1 is 1.48 bits per heavy atom. The molecule has 0 radical (unpaired) electrons. The van der Waals surface area contributed by atoms with Crippen LogP contribution in [0.25, 0.3) is 0 Å². The van der Waals surface area contributed by atoms with E-state index in [9.17, 15) is 15.2 Å². The van der Waals surface area contributed by atoms with Crippen LogP contribution < -0.4 is 5.32 Å². The summed E-state index contributed by atoms with van der Waals surface area (Å²) >= 11 is 0. The number of carbonyl (C=O) groups is 1. The van der Waals surface area contributed by atoms with Crippen LogP contribution in [0.15, 0.2) is 18.2 Å². The first-order chi connectivity index (χ1) is 10.0. The highest BCUT2D eigenvalue weighted by Crippen LogP contribution is 2.37. The first-order valence-electron chi connectivity index (χ1n) is 7.53. The Labute approximate surface area is 125 Å². The molecule has 0 atom stereocenters. The molecular formula is C17H22N2O2. The lowest BCUT2D eigenvalue weighted by Crippen LogP contribution is -2.49. The zero-order valence-corrected chi connectivity index (χ0v) is 12.6. The predicted molar refractivity (Wildman–Crippen MR) is 82.1 cm³/mol. The van der Waals surface area contributed by atoms with E-state index in [4.69, 9.17) is 0 Å². The molecule has 21 heavy (non-hydrogen) atoms. The van der Waals surface area contributed by atoms with Crippen LogP contribution in [-0.4, -0.2) is 16.6 Å². The number of nitrogens with one attached hydrogen (secondary N) is 1. The van der Waals surface area contributed by atoms with Gasteiger partial charge in [-0.25, -0.2) is 4.79 Å². The number of hydrogen-bond acceptors (Lipinski definition) is 3. The van der Waals surface area contributed by atoms with E-state index in [1.54, 1.807) is 6.07 Å². The van der Waals surface area contributed by atoms with E-state index in [2.05, 4.69) is 18.3 Å². The minimum atomic E-state index is -0.939. The third-order valence-electron chi connectivity index (χ3n) is 4.61. The Hall–Kier alpha value is -2.02. The van der Waals surface area contributed by atoms with Gasteiger partial charge in [-0.2, -0.15) is 5.26 Å². The van der Waals surface area contributed by atoms with E-state index in [0.717, 1.165) is 24.8 Å². The van der Waals surface area contributed by atoms with E-state index in [1.807, 2.05) is 19.1 Å². The van der Waals surface area contributed by atoms with Crippen LogP contribution >= 0.6 is 0 Å². The molecule has 0 aliphatic heterocycles. The molecular weight excluding hydrogens is 264 g/mol. The summed E-state index contributed by atoms with van der Waals surface area (Å²) in [6, 6.07) is 7.60. The molecule has 1 saturated carbocycles. The maximum absolute atomic E-state index is 11.8. The second-order valence-electron chi connectivity index (χ2n) is 6.02. The number of benzene rings is 1. The van der Waals surface area contributed by atoms with E-state index < -0.39 is 11.5 Å². The highest BCUT2D eigenvalue weighted by molar-refractivity contribution is 5.83. The molecule has 0 saturated heterocycles. The molecule has 1 fully saturated rings. The fourth-order valence-electron chi connectivity index (χ4n) is 3.09. The van der Waals surface area contributed by atoms with Gasteiger partial charge in [0.15, 0.2) is 0 Å². The van der Waals surface area contributed by atoms with Gasteiger partial charge >= 0.3 is 5.97 Å². The third kappa shape index (κ3) is 3.18. The molecule has 4 heteroatoms. The monoisotopic (exact) mass is 286 g/mol. The fraction of sp³-hybridized carbons (Fsp3) is 0.529. The second kappa shape index (κ2) is 6.17. The Morgan fingerprint density at radius 3 is 2.67 bits per heavy atom. The lowest BCUT2D eigenvalue weighted by atomic mass is 9.75. The topological polar surface area (TPSA) is 73.1 Å². The zero-order valence-electron chi connectivity index (χ0n) is 12.6. The number of carboxylic acids is 1. The van der Waals surface area contributed by atoms with Gasteiger partial charge in [0, 0.05) is 0 Å². The Morgan fingerprint density at radius 2 is 2.14 bits per heavy atom. The Bertz CT molecular complexity index is 567. The number of nitrogens with zero attached hydrogens (tertiary/aromatic N) is 1. The average Bonchev–Trinajstić information content (AvgIpc) is 2.48. The summed E-state index contributed by atoms with van der Waals surface area (Å²) in [4.78, 5) is 11.8. The number of rotatable bonds is 4. The van der Waals surface area contributed by atoms with Crippen molar-refractivity contribution in [1.82, 2.24) is 0 Å². The fourth-order valence-corrected chi connectivity index (χ4v) is 3.09. The smallest absolute Gasteiger partial charge is 0.329 e. The van der Waals surface area contributed by atoms with Crippen molar-refractivity contribution in [3.63, 3.8) is 0 Å². The molecule has 0 unspecified atom stereocenters. The van der Waals surface area contributed by atoms with Gasteiger partial charge in [-0.15, -0.1) is 0 Å². The maximum Gasteiger partial charge on any atom is 0.329 e. The maximum atomic E-state index is 11.8. The van der Waals surface area contributed by atoms with Crippen molar-refractivity contribution in [1.29, 1.82) is 5.26 Å². The van der Waals surface area contributed by atoms with Gasteiger partial charge in [0.1, 0.15) is 11.6 Å². The first-order valence-corrected chi connectivity index (χ1v) is 7.53. The lowest BCUT2D eigenvalue weighted by molar-refractivity contribution is -0.143. The molecule has 1 aliphatic rings. The number of hydrogen-bond donors (Lipinski definition) is 2. The standard InChI is InChI=1S/C17H22N2O2/c1-3-13-6-8-17(9-7-13,16(20)21)19-15-10-12(2)4-5-14(15)11-18/h4-5,10,13,19H,3,6-9H2,1-2H3,(H,20,21). The van der Waals surface area contributed by atoms with Gasteiger partial charge < -0.3 is 10.4 Å². The zero-order chi connectivity index (χ0) is 15.5. The molecule has 0 aromatic heterocycles. The predicted octanol–water partition coefficient (Wildman–Crippen LogP) is 3.70. The summed E-state index contributed by atoms with van der Waals surface area (Å²) in [7, 11) is 0. The van der Waals surface area contributed by atoms with Crippen molar-refractivity contribution in [2.45, 2.75) is 51.5 Å². The van der Waals surface area contributed by atoms with Crippen molar-refractivity contribution in [2.75, 3.05) is 5.32 Å². The molecule has 0 bridgehead atoms. The largest absolute Gasteiger partial charge is 0.480 e. The first kappa shape index (κ1) is 15.4. The van der Waals surface area contributed by atoms with Crippen LogP contribution in [-0.2, 0) is 4.79 Å². The summed E-state index contributed by atoms with van der Waals surface area (Å²) in [5.74, 6) is -0.199. The van der Waals surface area contributed by atoms with Crippen LogP contribution in [0.1, 0.15) is 50.2 Å². The average molecular weight is 286 g/mol. The van der Waals surface area contributed by atoms with Gasteiger partial charge in [0.05, 0.1) is 11.3 Å². The molecule has 1 aromatic carbocycles. The van der Waals surface area contributed by atoms with E-state index >= 15 is 0 Å². The molecule has 1 aliphatic carbocycles. The molecule has 112 valence electrons. The van der Waals surface area contributed by atoms with Crippen LogP contribution in [0.2, 0.25) is 0 Å². The number of anilines is 1. The number of aliphatic carboxylic acids is 1. The molecule has 0 heterocycles. The summed E-state index contributed by atoms with van der Waals surface area (Å²) in [6.45, 7) is 4.09. The van der Waals surface area contributed by atoms with Gasteiger partial charge in [-0.3, -0.25) is 0 Å². The second-order valence-corrected chi connectivity index (χ2v) is 6.02. The SMILES string of the molecule is CCC1CCC(Nc2cc(C)ccc2C#N)(C(=O)O)CC1. The van der Waals surface area contributed by atoms with Crippen LogP contribution in [0.4, 0.5) is 5.69 Å². The van der Waals surface area contributed by atoms with Crippen LogP contribution in [0, 0.1) is 24.2 Å². The van der Waals surface area contributed by atoms with Crippen LogP contribution in [0.5, 0.6) is 0 Å². The van der Waals surface area contributed by atoms with Gasteiger partial charge in [0.2, 0.25) is 0 Å². The molecule has 0 spiro atoms. The van der Waals surface area contributed by atoms with Crippen molar-refractivity contribution < 1.29 is 9.90 Å². The normalized spacial score (nSPS) is 25.1.